The number of aliphatic hydroxyl groups is 5. The van der Waals surface area contributed by atoms with Gasteiger partial charge in [-0.3, -0.25) is 0 Å². The van der Waals surface area contributed by atoms with Crippen molar-refractivity contribution >= 4 is 5.97 Å². The summed E-state index contributed by atoms with van der Waals surface area (Å²) in [5.74, 6) is -1.96. The van der Waals surface area contributed by atoms with Gasteiger partial charge in [0, 0.05) is 5.92 Å². The number of hydrogen-bond acceptors (Lipinski definition) is 13. The number of aliphatic hydroxyl groups excluding tert-OH is 5. The molecule has 0 aromatic heterocycles. The highest BCUT2D eigenvalue weighted by atomic mass is 16.8. The SMILES string of the molecule is COc1cc(C(=O)OC[C@@]23O[C@@H]2[C@@H](O)[C@@H]2C=CO[C@@H](O[C@H]4O[C@@H](CO)[C@H](O)[C@@H](O)[C@@H]4O)[C@H]23)ccc1O. The molecule has 3 heterocycles. The second-order valence-electron chi connectivity index (χ2n) is 9.22. The van der Waals surface area contributed by atoms with Gasteiger partial charge >= 0.3 is 5.97 Å². The summed E-state index contributed by atoms with van der Waals surface area (Å²) >= 11 is 0. The van der Waals surface area contributed by atoms with E-state index in [1.165, 1.54) is 31.6 Å². The molecule has 0 bridgehead atoms. The lowest BCUT2D eigenvalue weighted by molar-refractivity contribution is -0.344. The Hall–Kier alpha value is -2.49. The maximum Gasteiger partial charge on any atom is 0.338 e. The minimum absolute atomic E-state index is 0.0957. The zero-order valence-electron chi connectivity index (χ0n) is 19.1. The molecule has 36 heavy (non-hydrogen) atoms. The van der Waals surface area contributed by atoms with Crippen LogP contribution in [0, 0.1) is 11.8 Å². The number of hydrogen-bond donors (Lipinski definition) is 6. The largest absolute Gasteiger partial charge is 0.504 e. The molecule has 0 radical (unpaired) electrons. The van der Waals surface area contributed by atoms with Crippen molar-refractivity contribution in [1.29, 1.82) is 0 Å². The number of rotatable bonds is 7. The lowest BCUT2D eigenvalue weighted by Gasteiger charge is -2.43. The second-order valence-corrected chi connectivity index (χ2v) is 9.22. The maximum absolute atomic E-state index is 12.7. The molecule has 3 aliphatic heterocycles. The minimum Gasteiger partial charge on any atom is -0.504 e. The van der Waals surface area contributed by atoms with E-state index < -0.39 is 79.2 Å². The third-order valence-corrected chi connectivity index (χ3v) is 7.22. The summed E-state index contributed by atoms with van der Waals surface area (Å²) in [5.41, 5.74) is -1.04. The summed E-state index contributed by atoms with van der Waals surface area (Å²) in [6.07, 6.45) is -7.35. The van der Waals surface area contributed by atoms with Crippen LogP contribution in [0.5, 0.6) is 11.5 Å². The molecule has 0 amide bonds. The number of epoxide rings is 1. The molecule has 13 heteroatoms. The van der Waals surface area contributed by atoms with E-state index in [1.807, 2.05) is 0 Å². The fourth-order valence-electron chi connectivity index (χ4n) is 5.22. The first-order valence-corrected chi connectivity index (χ1v) is 11.4. The Bertz CT molecular complexity index is 1010. The normalized spacial score (nSPS) is 42.7. The minimum atomic E-state index is -1.66. The fourth-order valence-corrected chi connectivity index (χ4v) is 5.22. The smallest absolute Gasteiger partial charge is 0.338 e. The molecule has 4 aliphatic rings. The fraction of sp³-hybridized carbons (Fsp3) is 0.609. The van der Waals surface area contributed by atoms with Gasteiger partial charge < -0.3 is 59.1 Å². The van der Waals surface area contributed by atoms with Gasteiger partial charge in [0.15, 0.2) is 17.8 Å². The van der Waals surface area contributed by atoms with Crippen molar-refractivity contribution in [2.45, 2.75) is 54.8 Å². The third kappa shape index (κ3) is 4.01. The summed E-state index contributed by atoms with van der Waals surface area (Å²) in [7, 11) is 1.35. The molecule has 198 valence electrons. The van der Waals surface area contributed by atoms with Crippen LogP contribution in [-0.2, 0) is 23.7 Å². The van der Waals surface area contributed by atoms with Gasteiger partial charge in [0.2, 0.25) is 6.29 Å². The maximum atomic E-state index is 12.7. The van der Waals surface area contributed by atoms with E-state index in [0.717, 1.165) is 0 Å². The van der Waals surface area contributed by atoms with Crippen LogP contribution in [-0.4, -0.2) is 112 Å². The Morgan fingerprint density at radius 1 is 1.08 bits per heavy atom. The van der Waals surface area contributed by atoms with Crippen molar-refractivity contribution < 1.29 is 63.9 Å². The summed E-state index contributed by atoms with van der Waals surface area (Å²) in [6, 6.07) is 3.99. The van der Waals surface area contributed by atoms with Gasteiger partial charge in [-0.2, -0.15) is 0 Å². The number of benzene rings is 1. The standard InChI is InChI=1S/C23H28O13/c1-31-12-6-9(2-3-11(12)25)20(30)33-8-23-14-10(15(26)19(23)36-23)4-5-32-21(14)35-22-18(29)17(28)16(27)13(7-24)34-22/h2-6,10,13-19,21-22,24-29H,7-8H2,1H3/t10-,13+,14+,15+,16+,17-,18+,19-,21+,22-,23+/m1/s1. The molecule has 1 saturated carbocycles. The van der Waals surface area contributed by atoms with E-state index in [4.69, 9.17) is 28.4 Å². The lowest BCUT2D eigenvalue weighted by Crippen LogP contribution is -2.60. The first-order chi connectivity index (χ1) is 17.2. The van der Waals surface area contributed by atoms with Crippen molar-refractivity contribution in [3.8, 4) is 11.5 Å². The molecule has 0 unspecified atom stereocenters. The molecule has 1 aromatic rings. The summed E-state index contributed by atoms with van der Waals surface area (Å²) in [5, 5.41) is 60.4. The lowest BCUT2D eigenvalue weighted by atomic mass is 9.85. The quantitative estimate of drug-likeness (QED) is 0.173. The number of methoxy groups -OCH3 is 1. The van der Waals surface area contributed by atoms with Crippen molar-refractivity contribution in [3.05, 3.63) is 36.1 Å². The van der Waals surface area contributed by atoms with Crippen LogP contribution in [0.2, 0.25) is 0 Å². The number of phenolic OH excluding ortho intramolecular Hbond substituents is 1. The summed E-state index contributed by atoms with van der Waals surface area (Å²) in [6.45, 7) is -0.891. The predicted octanol–water partition coefficient (Wildman–Crippen LogP) is -2.01. The highest BCUT2D eigenvalue weighted by Crippen LogP contribution is 2.60. The van der Waals surface area contributed by atoms with Crippen LogP contribution in [0.4, 0.5) is 0 Å². The second kappa shape index (κ2) is 9.43. The van der Waals surface area contributed by atoms with Gasteiger partial charge in [-0.25, -0.2) is 4.79 Å². The van der Waals surface area contributed by atoms with Crippen LogP contribution in [0.15, 0.2) is 30.5 Å². The number of esters is 1. The topological polar surface area (TPSA) is 197 Å². The molecular formula is C23H28O13. The zero-order chi connectivity index (χ0) is 25.8. The Kier molecular flexibility index (Phi) is 6.59. The molecule has 1 aliphatic carbocycles. The average Bonchev–Trinajstić information content (AvgIpc) is 3.57. The highest BCUT2D eigenvalue weighted by Gasteiger charge is 2.76. The van der Waals surface area contributed by atoms with E-state index in [-0.39, 0.29) is 23.7 Å². The number of carbonyl (C=O) groups excluding carboxylic acids is 1. The zero-order valence-corrected chi connectivity index (χ0v) is 19.1. The average molecular weight is 512 g/mol. The van der Waals surface area contributed by atoms with Crippen molar-refractivity contribution in [3.63, 3.8) is 0 Å². The Morgan fingerprint density at radius 3 is 2.58 bits per heavy atom. The monoisotopic (exact) mass is 512 g/mol. The number of fused-ring (bicyclic) bond motifs is 3. The van der Waals surface area contributed by atoms with E-state index in [9.17, 15) is 35.4 Å². The number of ether oxygens (including phenoxy) is 6. The molecule has 13 nitrogen and oxygen atoms in total. The number of phenols is 1. The first kappa shape index (κ1) is 25.2. The van der Waals surface area contributed by atoms with Crippen molar-refractivity contribution in [2.24, 2.45) is 11.8 Å². The summed E-state index contributed by atoms with van der Waals surface area (Å²) < 4.78 is 33.1. The van der Waals surface area contributed by atoms with E-state index in [0.29, 0.717) is 0 Å². The number of aromatic hydroxyl groups is 1. The van der Waals surface area contributed by atoms with Crippen LogP contribution in [0.25, 0.3) is 0 Å². The molecule has 6 N–H and O–H groups in total. The van der Waals surface area contributed by atoms with Crippen LogP contribution in [0.3, 0.4) is 0 Å². The third-order valence-electron chi connectivity index (χ3n) is 7.22. The van der Waals surface area contributed by atoms with Gasteiger partial charge in [-0.05, 0) is 24.3 Å². The molecular weight excluding hydrogens is 484 g/mol. The van der Waals surface area contributed by atoms with Crippen molar-refractivity contribution in [2.75, 3.05) is 20.3 Å². The van der Waals surface area contributed by atoms with Gasteiger partial charge in [0.1, 0.15) is 42.7 Å². The Balaban J connectivity index is 1.32. The molecule has 2 saturated heterocycles. The van der Waals surface area contributed by atoms with E-state index >= 15 is 0 Å². The molecule has 11 atom stereocenters. The molecule has 5 rings (SSSR count). The van der Waals surface area contributed by atoms with Gasteiger partial charge in [0.05, 0.1) is 37.6 Å². The highest BCUT2D eigenvalue weighted by molar-refractivity contribution is 5.90. The van der Waals surface area contributed by atoms with Crippen LogP contribution < -0.4 is 4.74 Å². The van der Waals surface area contributed by atoms with E-state index in [1.54, 1.807) is 6.08 Å². The van der Waals surface area contributed by atoms with Crippen LogP contribution >= 0.6 is 0 Å². The number of carbonyl (C=O) groups is 1. The first-order valence-electron chi connectivity index (χ1n) is 11.4. The molecule has 1 aromatic carbocycles. The van der Waals surface area contributed by atoms with E-state index in [2.05, 4.69) is 0 Å². The van der Waals surface area contributed by atoms with Gasteiger partial charge in [0.25, 0.3) is 0 Å². The Morgan fingerprint density at radius 2 is 1.86 bits per heavy atom. The summed E-state index contributed by atoms with van der Waals surface area (Å²) in [4.78, 5) is 12.7. The molecule has 0 spiro atoms. The molecule has 3 fully saturated rings. The van der Waals surface area contributed by atoms with Gasteiger partial charge in [-0.1, -0.05) is 0 Å². The van der Waals surface area contributed by atoms with Crippen molar-refractivity contribution in [1.82, 2.24) is 0 Å². The Labute approximate surface area is 205 Å². The van der Waals surface area contributed by atoms with Crippen LogP contribution in [0.1, 0.15) is 10.4 Å². The van der Waals surface area contributed by atoms with Gasteiger partial charge in [-0.15, -0.1) is 0 Å². The predicted molar refractivity (Wildman–Crippen MR) is 114 cm³/mol.